The van der Waals surface area contributed by atoms with Gasteiger partial charge >= 0.3 is 0 Å². The summed E-state index contributed by atoms with van der Waals surface area (Å²) in [5.74, 6) is -0.193. The summed E-state index contributed by atoms with van der Waals surface area (Å²) in [5, 5.41) is 3.80. The molecule has 20 heavy (non-hydrogen) atoms. The van der Waals surface area contributed by atoms with Crippen LogP contribution in [-0.4, -0.2) is 10.9 Å². The van der Waals surface area contributed by atoms with Crippen LogP contribution in [0.1, 0.15) is 11.1 Å². The number of amides is 1. The van der Waals surface area contributed by atoms with E-state index in [1.165, 1.54) is 0 Å². The van der Waals surface area contributed by atoms with Crippen LogP contribution in [0.25, 0.3) is 0 Å². The summed E-state index contributed by atoms with van der Waals surface area (Å²) in [6, 6.07) is 8.78. The monoisotopic (exact) mass is 328 g/mol. The maximum atomic E-state index is 12.0. The summed E-state index contributed by atoms with van der Waals surface area (Å²) in [6.45, 7) is 1.80. The van der Waals surface area contributed by atoms with E-state index in [9.17, 15) is 4.79 Å². The van der Waals surface area contributed by atoms with E-state index in [4.69, 9.17) is 34.8 Å². The van der Waals surface area contributed by atoms with Crippen molar-refractivity contribution in [2.24, 2.45) is 0 Å². The fourth-order valence-corrected chi connectivity index (χ4v) is 2.55. The largest absolute Gasteiger partial charge is 0.323 e. The zero-order valence-corrected chi connectivity index (χ0v) is 12.9. The lowest BCUT2D eigenvalue weighted by atomic mass is 10.1. The molecule has 0 saturated carbocycles. The Labute approximate surface area is 131 Å². The van der Waals surface area contributed by atoms with Crippen LogP contribution in [0.5, 0.6) is 0 Å². The quantitative estimate of drug-likeness (QED) is 0.841. The highest BCUT2D eigenvalue weighted by molar-refractivity contribution is 6.34. The number of hydrogen-bond donors (Lipinski definition) is 1. The second-order valence-corrected chi connectivity index (χ2v) is 5.46. The highest BCUT2D eigenvalue weighted by Gasteiger charge is 2.11. The van der Waals surface area contributed by atoms with Crippen molar-refractivity contribution in [2.45, 2.75) is 13.3 Å². The van der Waals surface area contributed by atoms with Gasteiger partial charge < -0.3 is 5.32 Å². The molecule has 6 heteroatoms. The molecule has 1 amide bonds. The van der Waals surface area contributed by atoms with Gasteiger partial charge in [-0.2, -0.15) is 0 Å². The number of benzene rings is 1. The smallest absolute Gasteiger partial charge is 0.228 e. The molecule has 0 aliphatic carbocycles. The van der Waals surface area contributed by atoms with Crippen LogP contribution < -0.4 is 5.32 Å². The van der Waals surface area contributed by atoms with Gasteiger partial charge in [0.15, 0.2) is 5.15 Å². The Morgan fingerprint density at radius 2 is 2.00 bits per heavy atom. The van der Waals surface area contributed by atoms with Crippen molar-refractivity contribution < 1.29 is 4.79 Å². The van der Waals surface area contributed by atoms with Gasteiger partial charge in [0.05, 0.1) is 12.1 Å². The maximum absolute atomic E-state index is 12.0. The number of aromatic nitrogens is 1. The van der Waals surface area contributed by atoms with Crippen molar-refractivity contribution >= 4 is 46.4 Å². The minimum atomic E-state index is -0.193. The first kappa shape index (κ1) is 15.1. The highest BCUT2D eigenvalue weighted by Crippen LogP contribution is 2.26. The second-order valence-electron chi connectivity index (χ2n) is 4.28. The molecule has 1 N–H and O–H groups in total. The Morgan fingerprint density at radius 1 is 1.25 bits per heavy atom. The minimum absolute atomic E-state index is 0.175. The SMILES string of the molecule is Cc1cc(Cl)nc(Cl)c1NC(=O)Cc1cccc(Cl)c1. The summed E-state index contributed by atoms with van der Waals surface area (Å²) >= 11 is 17.6. The zero-order valence-electron chi connectivity index (χ0n) is 10.6. The Kier molecular flexibility index (Phi) is 4.86. The van der Waals surface area contributed by atoms with E-state index < -0.39 is 0 Å². The fraction of sp³-hybridized carbons (Fsp3) is 0.143. The van der Waals surface area contributed by atoms with E-state index in [2.05, 4.69) is 10.3 Å². The van der Waals surface area contributed by atoms with Gasteiger partial charge in [0.25, 0.3) is 0 Å². The minimum Gasteiger partial charge on any atom is -0.323 e. The van der Waals surface area contributed by atoms with Crippen LogP contribution in [0.4, 0.5) is 5.69 Å². The molecular formula is C14H11Cl3N2O. The summed E-state index contributed by atoms with van der Waals surface area (Å²) in [4.78, 5) is 15.9. The van der Waals surface area contributed by atoms with Crippen molar-refractivity contribution in [2.75, 3.05) is 5.32 Å². The van der Waals surface area contributed by atoms with Crippen molar-refractivity contribution in [3.63, 3.8) is 0 Å². The van der Waals surface area contributed by atoms with Gasteiger partial charge in [-0.3, -0.25) is 4.79 Å². The van der Waals surface area contributed by atoms with Crippen LogP contribution in [0.3, 0.4) is 0 Å². The number of rotatable bonds is 3. The number of halogens is 3. The van der Waals surface area contributed by atoms with E-state index in [1.54, 1.807) is 31.2 Å². The maximum Gasteiger partial charge on any atom is 0.228 e. The molecule has 0 saturated heterocycles. The van der Waals surface area contributed by atoms with Gasteiger partial charge in [-0.15, -0.1) is 0 Å². The van der Waals surface area contributed by atoms with Crippen LogP contribution >= 0.6 is 34.8 Å². The van der Waals surface area contributed by atoms with E-state index in [0.717, 1.165) is 11.1 Å². The van der Waals surface area contributed by atoms with E-state index in [1.807, 2.05) is 6.07 Å². The number of carbonyl (C=O) groups excluding carboxylic acids is 1. The average Bonchev–Trinajstić information content (AvgIpc) is 2.33. The Balaban J connectivity index is 2.13. The summed E-state index contributed by atoms with van der Waals surface area (Å²) in [6.07, 6.45) is 0.207. The first-order valence-corrected chi connectivity index (χ1v) is 6.96. The van der Waals surface area contributed by atoms with Crippen LogP contribution in [0, 0.1) is 6.92 Å². The van der Waals surface area contributed by atoms with Gasteiger partial charge in [0.1, 0.15) is 5.15 Å². The molecule has 0 radical (unpaired) electrons. The van der Waals surface area contributed by atoms with Gasteiger partial charge in [-0.05, 0) is 36.2 Å². The lowest BCUT2D eigenvalue weighted by Crippen LogP contribution is -2.15. The molecule has 0 aliphatic heterocycles. The third-order valence-electron chi connectivity index (χ3n) is 2.66. The molecule has 104 valence electrons. The summed E-state index contributed by atoms with van der Waals surface area (Å²) < 4.78 is 0. The molecule has 3 nitrogen and oxygen atoms in total. The molecule has 0 unspecified atom stereocenters. The predicted octanol–water partition coefficient (Wildman–Crippen LogP) is 4.53. The standard InChI is InChI=1S/C14H11Cl3N2O/c1-8-5-11(16)18-14(17)13(8)19-12(20)7-9-3-2-4-10(15)6-9/h2-6H,7H2,1H3,(H,19,20). The van der Waals surface area contributed by atoms with Crippen LogP contribution in [0.2, 0.25) is 15.3 Å². The van der Waals surface area contributed by atoms with Gasteiger partial charge in [-0.1, -0.05) is 46.9 Å². The van der Waals surface area contributed by atoms with Crippen molar-refractivity contribution in [1.29, 1.82) is 0 Å². The van der Waals surface area contributed by atoms with E-state index >= 15 is 0 Å². The molecule has 1 aromatic carbocycles. The number of anilines is 1. The molecule has 0 fully saturated rings. The number of pyridine rings is 1. The van der Waals surface area contributed by atoms with Gasteiger partial charge in [-0.25, -0.2) is 4.98 Å². The van der Waals surface area contributed by atoms with Crippen LogP contribution in [-0.2, 0) is 11.2 Å². The zero-order chi connectivity index (χ0) is 14.7. The van der Waals surface area contributed by atoms with E-state index in [-0.39, 0.29) is 17.5 Å². The molecule has 2 rings (SSSR count). The van der Waals surface area contributed by atoms with Crippen molar-refractivity contribution in [3.8, 4) is 0 Å². The Morgan fingerprint density at radius 3 is 2.65 bits per heavy atom. The summed E-state index contributed by atoms with van der Waals surface area (Å²) in [7, 11) is 0. The molecular weight excluding hydrogens is 319 g/mol. The second kappa shape index (κ2) is 6.44. The number of carbonyl (C=O) groups is 1. The highest BCUT2D eigenvalue weighted by atomic mass is 35.5. The lowest BCUT2D eigenvalue weighted by molar-refractivity contribution is -0.115. The average molecular weight is 330 g/mol. The molecule has 2 aromatic rings. The third kappa shape index (κ3) is 3.85. The molecule has 0 atom stereocenters. The Hall–Kier alpha value is -1.29. The molecule has 0 spiro atoms. The van der Waals surface area contributed by atoms with Crippen molar-refractivity contribution in [3.05, 3.63) is 56.8 Å². The van der Waals surface area contributed by atoms with Crippen molar-refractivity contribution in [1.82, 2.24) is 4.98 Å². The van der Waals surface area contributed by atoms with Crippen LogP contribution in [0.15, 0.2) is 30.3 Å². The van der Waals surface area contributed by atoms with Gasteiger partial charge in [0, 0.05) is 5.02 Å². The first-order valence-electron chi connectivity index (χ1n) is 5.82. The molecule has 0 bridgehead atoms. The van der Waals surface area contributed by atoms with E-state index in [0.29, 0.717) is 15.9 Å². The fourth-order valence-electron chi connectivity index (χ4n) is 1.76. The summed E-state index contributed by atoms with van der Waals surface area (Å²) in [5.41, 5.74) is 2.06. The number of aryl methyl sites for hydroxylation is 1. The molecule has 1 heterocycles. The third-order valence-corrected chi connectivity index (χ3v) is 3.36. The number of hydrogen-bond acceptors (Lipinski definition) is 2. The number of nitrogens with one attached hydrogen (secondary N) is 1. The predicted molar refractivity (Wildman–Crippen MR) is 82.8 cm³/mol. The normalized spacial score (nSPS) is 10.4. The lowest BCUT2D eigenvalue weighted by Gasteiger charge is -2.10. The topological polar surface area (TPSA) is 42.0 Å². The van der Waals surface area contributed by atoms with Gasteiger partial charge in [0.2, 0.25) is 5.91 Å². The molecule has 0 aliphatic rings. The molecule has 1 aromatic heterocycles. The number of nitrogens with zero attached hydrogens (tertiary/aromatic N) is 1. The first-order chi connectivity index (χ1) is 9.45. The Bertz CT molecular complexity index is 636.